The Hall–Kier alpha value is -1.50. The Kier molecular flexibility index (Phi) is 5.67. The molecule has 0 bridgehead atoms. The number of methoxy groups -OCH3 is 1. The van der Waals surface area contributed by atoms with E-state index >= 15 is 0 Å². The number of pyridine rings is 1. The molecule has 1 aromatic carbocycles. The minimum atomic E-state index is -0.550. The van der Waals surface area contributed by atoms with E-state index in [-0.39, 0.29) is 5.91 Å². The lowest BCUT2D eigenvalue weighted by molar-refractivity contribution is -0.117. The number of amides is 1. The van der Waals surface area contributed by atoms with E-state index in [1.807, 2.05) is 24.3 Å². The molecule has 0 saturated carbocycles. The lowest BCUT2D eigenvalue weighted by Gasteiger charge is -2.13. The number of anilines is 1. The van der Waals surface area contributed by atoms with E-state index < -0.39 is 6.04 Å². The number of nitrogens with one attached hydrogen (secondary N) is 1. The van der Waals surface area contributed by atoms with E-state index in [0.717, 1.165) is 21.8 Å². The van der Waals surface area contributed by atoms with Gasteiger partial charge in [-0.05, 0) is 40.9 Å². The minimum absolute atomic E-state index is 0.205. The van der Waals surface area contributed by atoms with Gasteiger partial charge in [0.1, 0.15) is 0 Å². The summed E-state index contributed by atoms with van der Waals surface area (Å²) in [7, 11) is 1.63. The number of rotatable bonds is 6. The topological polar surface area (TPSA) is 77.2 Å². The van der Waals surface area contributed by atoms with Gasteiger partial charge in [0.05, 0.1) is 17.2 Å². The van der Waals surface area contributed by atoms with Crippen molar-refractivity contribution in [2.24, 2.45) is 5.73 Å². The van der Waals surface area contributed by atoms with Gasteiger partial charge in [0.15, 0.2) is 0 Å². The molecule has 6 heteroatoms. The molecular formula is C15H18BrN3O2. The Morgan fingerprint density at radius 1 is 1.52 bits per heavy atom. The number of aromatic nitrogens is 1. The lowest BCUT2D eigenvalue weighted by Crippen LogP contribution is -2.35. The molecule has 1 heterocycles. The van der Waals surface area contributed by atoms with Gasteiger partial charge in [-0.15, -0.1) is 0 Å². The minimum Gasteiger partial charge on any atom is -0.385 e. The Morgan fingerprint density at radius 3 is 3.10 bits per heavy atom. The van der Waals surface area contributed by atoms with Gasteiger partial charge >= 0.3 is 0 Å². The monoisotopic (exact) mass is 351 g/mol. The van der Waals surface area contributed by atoms with Crippen molar-refractivity contribution in [1.82, 2.24) is 4.98 Å². The van der Waals surface area contributed by atoms with Crippen LogP contribution in [0.5, 0.6) is 0 Å². The largest absolute Gasteiger partial charge is 0.385 e. The molecule has 5 nitrogen and oxygen atoms in total. The first kappa shape index (κ1) is 15.9. The highest BCUT2D eigenvalue weighted by molar-refractivity contribution is 9.10. The van der Waals surface area contributed by atoms with Crippen LogP contribution in [-0.4, -0.2) is 30.6 Å². The average Bonchev–Trinajstić information content (AvgIpc) is 2.47. The Morgan fingerprint density at radius 2 is 2.33 bits per heavy atom. The first-order valence-corrected chi connectivity index (χ1v) is 7.51. The number of para-hydroxylation sites is 1. The van der Waals surface area contributed by atoms with Crippen LogP contribution < -0.4 is 11.1 Å². The fourth-order valence-electron chi connectivity index (χ4n) is 2.04. The molecule has 1 unspecified atom stereocenters. The maximum atomic E-state index is 12.1. The van der Waals surface area contributed by atoms with Crippen LogP contribution in [0.4, 0.5) is 5.69 Å². The van der Waals surface area contributed by atoms with Crippen molar-refractivity contribution >= 4 is 38.4 Å². The summed E-state index contributed by atoms with van der Waals surface area (Å²) in [4.78, 5) is 16.4. The number of carbonyl (C=O) groups excluding carboxylic acids is 1. The summed E-state index contributed by atoms with van der Waals surface area (Å²) in [6, 6.07) is 7.05. The molecule has 0 radical (unpaired) electrons. The molecule has 0 aliphatic rings. The van der Waals surface area contributed by atoms with Crippen molar-refractivity contribution in [3.8, 4) is 0 Å². The van der Waals surface area contributed by atoms with Gasteiger partial charge < -0.3 is 15.8 Å². The summed E-state index contributed by atoms with van der Waals surface area (Å²) in [6.07, 6.45) is 3.05. The predicted molar refractivity (Wildman–Crippen MR) is 87.2 cm³/mol. The number of carbonyl (C=O) groups is 1. The van der Waals surface area contributed by atoms with Crippen LogP contribution in [0.2, 0.25) is 0 Å². The van der Waals surface area contributed by atoms with Gasteiger partial charge in [-0.3, -0.25) is 9.78 Å². The van der Waals surface area contributed by atoms with Gasteiger partial charge in [-0.1, -0.05) is 12.1 Å². The number of nitrogens with two attached hydrogens (primary N) is 1. The number of hydrogen-bond acceptors (Lipinski definition) is 4. The number of nitrogens with zero attached hydrogens (tertiary/aromatic N) is 1. The normalized spacial score (nSPS) is 12.3. The number of halogens is 1. The molecule has 1 atom stereocenters. The second-order valence-electron chi connectivity index (χ2n) is 4.76. The van der Waals surface area contributed by atoms with Crippen LogP contribution in [0.15, 0.2) is 34.9 Å². The molecule has 2 rings (SSSR count). The van der Waals surface area contributed by atoms with E-state index in [1.165, 1.54) is 0 Å². The highest BCUT2D eigenvalue weighted by atomic mass is 79.9. The fourth-order valence-corrected chi connectivity index (χ4v) is 2.39. The van der Waals surface area contributed by atoms with Crippen LogP contribution in [0, 0.1) is 0 Å². The van der Waals surface area contributed by atoms with E-state index in [4.69, 9.17) is 10.5 Å². The van der Waals surface area contributed by atoms with Gasteiger partial charge in [-0.2, -0.15) is 0 Å². The van der Waals surface area contributed by atoms with Crippen LogP contribution in [0.25, 0.3) is 10.9 Å². The molecular weight excluding hydrogens is 334 g/mol. The second-order valence-corrected chi connectivity index (χ2v) is 5.68. The second kappa shape index (κ2) is 7.49. The molecule has 0 saturated heterocycles. The molecule has 1 aromatic heterocycles. The van der Waals surface area contributed by atoms with E-state index in [1.54, 1.807) is 13.3 Å². The highest BCUT2D eigenvalue weighted by Crippen LogP contribution is 2.24. The van der Waals surface area contributed by atoms with Gasteiger partial charge in [0, 0.05) is 29.8 Å². The molecule has 21 heavy (non-hydrogen) atoms. The number of hydrogen-bond donors (Lipinski definition) is 2. The molecule has 3 N–H and O–H groups in total. The van der Waals surface area contributed by atoms with Crippen molar-refractivity contribution < 1.29 is 9.53 Å². The maximum absolute atomic E-state index is 12.1. The quantitative estimate of drug-likeness (QED) is 0.784. The SMILES string of the molecule is COCCCC(N)C(=O)Nc1cccc2cc(Br)cnc12. The number of benzene rings is 1. The Balaban J connectivity index is 2.10. The van der Waals surface area contributed by atoms with Crippen LogP contribution in [-0.2, 0) is 9.53 Å². The van der Waals surface area contributed by atoms with Crippen LogP contribution in [0.1, 0.15) is 12.8 Å². The van der Waals surface area contributed by atoms with Crippen molar-refractivity contribution in [3.63, 3.8) is 0 Å². The molecule has 0 fully saturated rings. The first-order valence-electron chi connectivity index (χ1n) is 6.71. The average molecular weight is 352 g/mol. The van der Waals surface area contributed by atoms with E-state index in [9.17, 15) is 4.79 Å². The highest BCUT2D eigenvalue weighted by Gasteiger charge is 2.14. The summed E-state index contributed by atoms with van der Waals surface area (Å²) < 4.78 is 5.86. The van der Waals surface area contributed by atoms with Crippen molar-refractivity contribution in [3.05, 3.63) is 34.9 Å². The third-order valence-electron chi connectivity index (χ3n) is 3.14. The lowest BCUT2D eigenvalue weighted by atomic mass is 10.1. The van der Waals surface area contributed by atoms with E-state index in [0.29, 0.717) is 18.7 Å². The Labute approximate surface area is 132 Å². The number of fused-ring (bicyclic) bond motifs is 1. The van der Waals surface area contributed by atoms with Crippen molar-refractivity contribution in [2.75, 3.05) is 19.0 Å². The molecule has 0 aliphatic carbocycles. The predicted octanol–water partition coefficient (Wildman–Crippen LogP) is 2.69. The van der Waals surface area contributed by atoms with Gasteiger partial charge in [-0.25, -0.2) is 0 Å². The zero-order chi connectivity index (χ0) is 15.2. The zero-order valence-electron chi connectivity index (χ0n) is 11.8. The van der Waals surface area contributed by atoms with Crippen molar-refractivity contribution in [1.29, 1.82) is 0 Å². The molecule has 0 spiro atoms. The third kappa shape index (κ3) is 4.23. The molecule has 0 aliphatic heterocycles. The Bertz CT molecular complexity index is 633. The smallest absolute Gasteiger partial charge is 0.241 e. The first-order chi connectivity index (χ1) is 10.1. The summed E-state index contributed by atoms with van der Waals surface area (Å²) in [5.74, 6) is -0.205. The summed E-state index contributed by atoms with van der Waals surface area (Å²) >= 11 is 3.38. The fraction of sp³-hybridized carbons (Fsp3) is 0.333. The van der Waals surface area contributed by atoms with Crippen molar-refractivity contribution in [2.45, 2.75) is 18.9 Å². The molecule has 1 amide bonds. The number of ether oxygens (including phenoxy) is 1. The van der Waals surface area contributed by atoms with Gasteiger partial charge in [0.25, 0.3) is 0 Å². The maximum Gasteiger partial charge on any atom is 0.241 e. The van der Waals surface area contributed by atoms with Crippen LogP contribution in [0.3, 0.4) is 0 Å². The standard InChI is InChI=1S/C15H18BrN3O2/c1-21-7-3-5-12(17)15(20)19-13-6-2-4-10-8-11(16)9-18-14(10)13/h2,4,6,8-9,12H,3,5,7,17H2,1H3,(H,19,20). The van der Waals surface area contributed by atoms with E-state index in [2.05, 4.69) is 26.2 Å². The zero-order valence-corrected chi connectivity index (χ0v) is 13.4. The summed E-state index contributed by atoms with van der Waals surface area (Å²) in [6.45, 7) is 0.602. The molecule has 112 valence electrons. The third-order valence-corrected chi connectivity index (χ3v) is 3.57. The summed E-state index contributed by atoms with van der Waals surface area (Å²) in [5, 5.41) is 3.80. The van der Waals surface area contributed by atoms with Crippen LogP contribution >= 0.6 is 15.9 Å². The molecule has 2 aromatic rings. The van der Waals surface area contributed by atoms with Gasteiger partial charge in [0.2, 0.25) is 5.91 Å². The summed E-state index contributed by atoms with van der Waals surface area (Å²) in [5.41, 5.74) is 7.30.